The van der Waals surface area contributed by atoms with Crippen LogP contribution in [0.1, 0.15) is 30.1 Å². The fraction of sp³-hybridized carbons (Fsp3) is 0.400. The second-order valence-electron chi connectivity index (χ2n) is 5.59. The van der Waals surface area contributed by atoms with Crippen molar-refractivity contribution < 1.29 is 4.79 Å². The summed E-state index contributed by atoms with van der Waals surface area (Å²) in [6.07, 6.45) is 3.47. The third-order valence-electron chi connectivity index (χ3n) is 4.09. The number of aromatic amines is 1. The van der Waals surface area contributed by atoms with Gasteiger partial charge in [0.25, 0.3) is 5.91 Å². The first-order valence-corrected chi connectivity index (χ1v) is 7.40. The Morgan fingerprint density at radius 3 is 2.77 bits per heavy atom. The van der Waals surface area contributed by atoms with Crippen LogP contribution in [0.4, 0.5) is 5.69 Å². The highest BCUT2D eigenvalue weighted by atomic mass is 16.1. The Morgan fingerprint density at radius 2 is 2.14 bits per heavy atom. The van der Waals surface area contributed by atoms with E-state index in [0.717, 1.165) is 37.1 Å². The van der Waals surface area contributed by atoms with Gasteiger partial charge in [-0.2, -0.15) is 0 Å². The van der Waals surface area contributed by atoms with Crippen molar-refractivity contribution in [3.8, 4) is 0 Å². The van der Waals surface area contributed by atoms with Crippen LogP contribution in [-0.4, -0.2) is 40.8 Å². The normalized spacial score (nSPS) is 15.9. The Hall–Kier alpha value is -2.41. The third-order valence-corrected chi connectivity index (χ3v) is 4.09. The molecular weight excluding hydrogens is 280 g/mol. The number of nitrogens with one attached hydrogen (secondary N) is 3. The van der Waals surface area contributed by atoms with Gasteiger partial charge in [0.05, 0.1) is 23.2 Å². The van der Waals surface area contributed by atoms with E-state index < -0.39 is 5.91 Å². The summed E-state index contributed by atoms with van der Waals surface area (Å²) in [4.78, 5) is 20.9. The zero-order valence-electron chi connectivity index (χ0n) is 12.5. The topological polar surface area (TPSA) is 111 Å². The molecule has 5 N–H and O–H groups in total. The Morgan fingerprint density at radius 1 is 1.41 bits per heavy atom. The van der Waals surface area contributed by atoms with Gasteiger partial charge in [-0.3, -0.25) is 10.2 Å². The van der Waals surface area contributed by atoms with Crippen LogP contribution >= 0.6 is 0 Å². The van der Waals surface area contributed by atoms with Crippen LogP contribution in [0.2, 0.25) is 0 Å². The van der Waals surface area contributed by atoms with Crippen molar-refractivity contribution in [1.29, 1.82) is 5.41 Å². The van der Waals surface area contributed by atoms with E-state index in [0.29, 0.717) is 16.9 Å². The van der Waals surface area contributed by atoms with Gasteiger partial charge in [-0.05, 0) is 45.0 Å². The molecule has 0 aliphatic carbocycles. The number of nitrogens with zero attached hydrogens (tertiary/aromatic N) is 2. The summed E-state index contributed by atoms with van der Waals surface area (Å²) in [6, 6.07) is 3.92. The number of primary amides is 1. The number of hydrogen-bond acceptors (Lipinski definition) is 4. The van der Waals surface area contributed by atoms with Crippen LogP contribution in [0.3, 0.4) is 0 Å². The average Bonchev–Trinajstić information content (AvgIpc) is 2.95. The van der Waals surface area contributed by atoms with Crippen molar-refractivity contribution >= 4 is 28.5 Å². The summed E-state index contributed by atoms with van der Waals surface area (Å²) in [5.41, 5.74) is 8.01. The van der Waals surface area contributed by atoms with Crippen molar-refractivity contribution in [2.75, 3.05) is 18.0 Å². The molecule has 116 valence electrons. The van der Waals surface area contributed by atoms with E-state index in [-0.39, 0.29) is 6.04 Å². The lowest BCUT2D eigenvalue weighted by atomic mass is 10.0. The second kappa shape index (κ2) is 5.76. The minimum absolute atomic E-state index is 0.250. The van der Waals surface area contributed by atoms with Crippen LogP contribution in [0.25, 0.3) is 11.0 Å². The minimum Gasteiger partial charge on any atom is -0.366 e. The van der Waals surface area contributed by atoms with Gasteiger partial charge >= 0.3 is 0 Å². The van der Waals surface area contributed by atoms with Crippen molar-refractivity contribution in [3.05, 3.63) is 24.0 Å². The largest absolute Gasteiger partial charge is 0.366 e. The lowest BCUT2D eigenvalue weighted by Crippen LogP contribution is -2.45. The van der Waals surface area contributed by atoms with Crippen LogP contribution in [0.15, 0.2) is 18.5 Å². The second-order valence-corrected chi connectivity index (χ2v) is 5.59. The number of carbonyl (C=O) groups excluding carboxylic acids is 1. The molecule has 0 saturated carbocycles. The Balaban J connectivity index is 2.09. The number of amides is 1. The number of fused-ring (bicyclic) bond motifs is 1. The molecule has 1 aromatic heterocycles. The third kappa shape index (κ3) is 2.55. The number of rotatable bonds is 3. The molecule has 1 saturated heterocycles. The van der Waals surface area contributed by atoms with Crippen molar-refractivity contribution in [2.45, 2.75) is 25.8 Å². The summed E-state index contributed by atoms with van der Waals surface area (Å²) in [5, 5.41) is 11.5. The van der Waals surface area contributed by atoms with E-state index in [1.54, 1.807) is 19.3 Å². The van der Waals surface area contributed by atoms with Crippen LogP contribution in [0.5, 0.6) is 0 Å². The number of H-pyrrole nitrogens is 1. The number of aromatic nitrogens is 2. The lowest BCUT2D eigenvalue weighted by Gasteiger charge is -2.35. The minimum atomic E-state index is -0.508. The number of carbonyl (C=O) groups is 1. The maximum Gasteiger partial charge on any atom is 0.251 e. The van der Waals surface area contributed by atoms with Gasteiger partial charge in [0.1, 0.15) is 5.52 Å². The SMILES string of the molecule is CC(=N)N(c1cc(C(N)=O)c2nc[nH]c2c1)C1CCNCC1. The average molecular weight is 300 g/mol. The fourth-order valence-corrected chi connectivity index (χ4v) is 3.10. The number of imidazole rings is 1. The molecule has 1 amide bonds. The summed E-state index contributed by atoms with van der Waals surface area (Å²) in [7, 11) is 0. The molecule has 0 bridgehead atoms. The highest BCUT2D eigenvalue weighted by Crippen LogP contribution is 2.28. The van der Waals surface area contributed by atoms with Crippen molar-refractivity contribution in [2.24, 2.45) is 5.73 Å². The van der Waals surface area contributed by atoms with Gasteiger partial charge in [0.2, 0.25) is 0 Å². The molecule has 1 fully saturated rings. The highest BCUT2D eigenvalue weighted by molar-refractivity contribution is 6.07. The van der Waals surface area contributed by atoms with Crippen molar-refractivity contribution in [1.82, 2.24) is 15.3 Å². The van der Waals surface area contributed by atoms with E-state index in [2.05, 4.69) is 15.3 Å². The van der Waals surface area contributed by atoms with Gasteiger partial charge in [0.15, 0.2) is 0 Å². The molecule has 0 spiro atoms. The monoisotopic (exact) mass is 300 g/mol. The summed E-state index contributed by atoms with van der Waals surface area (Å²) >= 11 is 0. The fourth-order valence-electron chi connectivity index (χ4n) is 3.10. The highest BCUT2D eigenvalue weighted by Gasteiger charge is 2.24. The predicted octanol–water partition coefficient (Wildman–Crippen LogP) is 1.22. The number of amidine groups is 1. The van der Waals surface area contributed by atoms with E-state index >= 15 is 0 Å². The number of anilines is 1. The van der Waals surface area contributed by atoms with Gasteiger partial charge in [-0.15, -0.1) is 0 Å². The summed E-state index contributed by atoms with van der Waals surface area (Å²) in [6.45, 7) is 3.63. The van der Waals surface area contributed by atoms with Crippen LogP contribution in [0, 0.1) is 5.41 Å². The molecule has 0 unspecified atom stereocenters. The van der Waals surface area contributed by atoms with Gasteiger partial charge < -0.3 is 20.9 Å². The summed E-state index contributed by atoms with van der Waals surface area (Å²) < 4.78 is 0. The van der Waals surface area contributed by atoms with Gasteiger partial charge in [-0.1, -0.05) is 0 Å². The van der Waals surface area contributed by atoms with Crippen LogP contribution in [-0.2, 0) is 0 Å². The first kappa shape index (κ1) is 14.5. The quantitative estimate of drug-likeness (QED) is 0.504. The molecule has 7 nitrogen and oxygen atoms in total. The molecular formula is C15H20N6O. The van der Waals surface area contributed by atoms with E-state index in [1.165, 1.54) is 0 Å². The van der Waals surface area contributed by atoms with E-state index in [4.69, 9.17) is 11.1 Å². The van der Waals surface area contributed by atoms with Gasteiger partial charge in [0, 0.05) is 11.7 Å². The van der Waals surface area contributed by atoms with Crippen LogP contribution < -0.4 is 16.0 Å². The maximum absolute atomic E-state index is 11.7. The lowest BCUT2D eigenvalue weighted by molar-refractivity contribution is 0.100. The number of piperidine rings is 1. The molecule has 22 heavy (non-hydrogen) atoms. The van der Waals surface area contributed by atoms with Gasteiger partial charge in [-0.25, -0.2) is 4.98 Å². The molecule has 2 heterocycles. The number of benzene rings is 1. The Kier molecular flexibility index (Phi) is 3.81. The molecule has 0 radical (unpaired) electrons. The molecule has 0 atom stereocenters. The number of nitrogens with two attached hydrogens (primary N) is 1. The standard InChI is InChI=1S/C15H20N6O/c1-9(16)21(10-2-4-18-5-3-10)11-6-12(15(17)22)14-13(7-11)19-8-20-14/h6-8,10,16,18H,2-5H2,1H3,(H2,17,22)(H,19,20). The predicted molar refractivity (Wildman–Crippen MR) is 86.4 cm³/mol. The first-order valence-electron chi connectivity index (χ1n) is 7.40. The van der Waals surface area contributed by atoms with E-state index in [1.807, 2.05) is 11.0 Å². The molecule has 7 heteroatoms. The molecule has 1 aliphatic heterocycles. The molecule has 2 aromatic rings. The maximum atomic E-state index is 11.7. The number of hydrogen-bond donors (Lipinski definition) is 4. The zero-order valence-corrected chi connectivity index (χ0v) is 12.5. The summed E-state index contributed by atoms with van der Waals surface area (Å²) in [5.74, 6) is -0.0481. The molecule has 1 aromatic carbocycles. The Bertz CT molecular complexity index is 716. The molecule has 1 aliphatic rings. The van der Waals surface area contributed by atoms with E-state index in [9.17, 15) is 4.79 Å². The zero-order chi connectivity index (χ0) is 15.7. The first-order chi connectivity index (χ1) is 10.6. The van der Waals surface area contributed by atoms with Crippen molar-refractivity contribution in [3.63, 3.8) is 0 Å². The smallest absolute Gasteiger partial charge is 0.251 e. The molecule has 3 rings (SSSR count). The Labute approximate surface area is 128 Å².